The Morgan fingerprint density at radius 3 is 2.81 bits per heavy atom. The second kappa shape index (κ2) is 6.69. The van der Waals surface area contributed by atoms with Crippen LogP contribution >= 0.6 is 0 Å². The molecular weight excluding hydrogens is 268 g/mol. The number of nitrogens with two attached hydrogens (primary N) is 1. The topological polar surface area (TPSA) is 90.0 Å². The number of aryl methyl sites for hydroxylation is 1. The molecule has 0 spiro atoms. The molecule has 0 aliphatic heterocycles. The molecule has 6 nitrogen and oxygen atoms in total. The molecule has 2 aromatic heterocycles. The number of carbonyl (C=O) groups is 1. The van der Waals surface area contributed by atoms with Gasteiger partial charge in [0.1, 0.15) is 0 Å². The van der Waals surface area contributed by atoms with Crippen LogP contribution in [0.3, 0.4) is 0 Å². The Bertz CT molecular complexity index is 677. The third-order valence-electron chi connectivity index (χ3n) is 2.92. The van der Waals surface area contributed by atoms with E-state index in [1.54, 1.807) is 29.0 Å². The van der Waals surface area contributed by atoms with E-state index in [1.165, 1.54) is 12.3 Å². The zero-order valence-electron chi connectivity index (χ0n) is 11.9. The summed E-state index contributed by atoms with van der Waals surface area (Å²) in [6.07, 6.45) is 4.18. The molecule has 3 N–H and O–H groups in total. The summed E-state index contributed by atoms with van der Waals surface area (Å²) in [4.78, 5) is 27.6. The molecule has 110 valence electrons. The van der Waals surface area contributed by atoms with Crippen molar-refractivity contribution in [2.45, 2.75) is 26.3 Å². The van der Waals surface area contributed by atoms with E-state index in [1.807, 2.05) is 6.92 Å². The number of hydrogen-bond donors (Lipinski definition) is 2. The summed E-state index contributed by atoms with van der Waals surface area (Å²) in [6.45, 7) is 2.62. The molecular formula is C15H18N4O2. The van der Waals surface area contributed by atoms with Gasteiger partial charge in [0, 0.05) is 24.5 Å². The van der Waals surface area contributed by atoms with Gasteiger partial charge in [0.2, 0.25) is 5.91 Å². The van der Waals surface area contributed by atoms with Gasteiger partial charge >= 0.3 is 0 Å². The molecule has 0 fully saturated rings. The Hall–Kier alpha value is -2.63. The number of nitrogens with zero attached hydrogens (tertiary/aromatic N) is 2. The van der Waals surface area contributed by atoms with Crippen LogP contribution in [-0.2, 0) is 17.8 Å². The van der Waals surface area contributed by atoms with Crippen molar-refractivity contribution in [2.24, 2.45) is 0 Å². The Balaban J connectivity index is 2.04. The molecule has 0 saturated carbocycles. The van der Waals surface area contributed by atoms with Gasteiger partial charge in [0.15, 0.2) is 0 Å². The normalized spacial score (nSPS) is 10.3. The summed E-state index contributed by atoms with van der Waals surface area (Å²) >= 11 is 0. The molecule has 2 heterocycles. The molecule has 0 aliphatic rings. The number of pyridine rings is 2. The SMILES string of the molecule is CCCn1cc(NC(=O)Cc2ccc(N)cn2)ccc1=O. The summed E-state index contributed by atoms with van der Waals surface area (Å²) in [5.74, 6) is -0.186. The third-order valence-corrected chi connectivity index (χ3v) is 2.92. The quantitative estimate of drug-likeness (QED) is 0.869. The van der Waals surface area contributed by atoms with Gasteiger partial charge in [-0.2, -0.15) is 0 Å². The monoisotopic (exact) mass is 286 g/mol. The highest BCUT2D eigenvalue weighted by molar-refractivity contribution is 5.91. The molecule has 2 aromatic rings. The lowest BCUT2D eigenvalue weighted by molar-refractivity contribution is -0.115. The van der Waals surface area contributed by atoms with Crippen molar-refractivity contribution >= 4 is 17.3 Å². The van der Waals surface area contributed by atoms with Gasteiger partial charge in [0.25, 0.3) is 5.56 Å². The van der Waals surface area contributed by atoms with Crippen molar-refractivity contribution in [3.8, 4) is 0 Å². The van der Waals surface area contributed by atoms with Crippen LogP contribution in [0.1, 0.15) is 19.0 Å². The van der Waals surface area contributed by atoms with Crippen molar-refractivity contribution < 1.29 is 4.79 Å². The fourth-order valence-corrected chi connectivity index (χ4v) is 1.93. The molecule has 0 aromatic carbocycles. The van der Waals surface area contributed by atoms with Gasteiger partial charge < -0.3 is 15.6 Å². The van der Waals surface area contributed by atoms with Crippen molar-refractivity contribution in [3.05, 3.63) is 52.7 Å². The van der Waals surface area contributed by atoms with E-state index in [0.29, 0.717) is 23.6 Å². The van der Waals surface area contributed by atoms with Crippen LogP contribution in [0.15, 0.2) is 41.5 Å². The first-order valence-corrected chi connectivity index (χ1v) is 6.79. The highest BCUT2D eigenvalue weighted by Gasteiger charge is 2.06. The summed E-state index contributed by atoms with van der Waals surface area (Å²) in [5.41, 5.74) is 7.27. The molecule has 1 amide bonds. The lowest BCUT2D eigenvalue weighted by Gasteiger charge is -2.08. The fraction of sp³-hybridized carbons (Fsp3) is 0.267. The van der Waals surface area contributed by atoms with Gasteiger partial charge in [-0.3, -0.25) is 14.6 Å². The van der Waals surface area contributed by atoms with Crippen molar-refractivity contribution in [2.75, 3.05) is 11.1 Å². The summed E-state index contributed by atoms with van der Waals surface area (Å²) < 4.78 is 1.58. The largest absolute Gasteiger partial charge is 0.397 e. The number of aromatic nitrogens is 2. The molecule has 21 heavy (non-hydrogen) atoms. The first-order chi connectivity index (χ1) is 10.1. The molecule has 0 bridgehead atoms. The predicted molar refractivity (Wildman–Crippen MR) is 82.0 cm³/mol. The number of amides is 1. The van der Waals surface area contributed by atoms with Gasteiger partial charge in [-0.25, -0.2) is 0 Å². The fourth-order valence-electron chi connectivity index (χ4n) is 1.93. The van der Waals surface area contributed by atoms with Gasteiger partial charge in [-0.15, -0.1) is 0 Å². The van der Waals surface area contributed by atoms with Gasteiger partial charge in [-0.05, 0) is 24.6 Å². The van der Waals surface area contributed by atoms with Gasteiger partial charge in [-0.1, -0.05) is 6.92 Å². The van der Waals surface area contributed by atoms with Crippen LogP contribution in [0.4, 0.5) is 11.4 Å². The average molecular weight is 286 g/mol. The summed E-state index contributed by atoms with van der Waals surface area (Å²) in [7, 11) is 0. The van der Waals surface area contributed by atoms with E-state index in [9.17, 15) is 9.59 Å². The second-order valence-corrected chi connectivity index (χ2v) is 4.76. The number of nitrogen functional groups attached to an aromatic ring is 1. The van der Waals surface area contributed by atoms with E-state index in [-0.39, 0.29) is 17.9 Å². The molecule has 0 atom stereocenters. The second-order valence-electron chi connectivity index (χ2n) is 4.76. The van der Waals surface area contributed by atoms with Crippen LogP contribution in [-0.4, -0.2) is 15.5 Å². The van der Waals surface area contributed by atoms with E-state index in [0.717, 1.165) is 6.42 Å². The van der Waals surface area contributed by atoms with Crippen LogP contribution in [0.25, 0.3) is 0 Å². The Kier molecular flexibility index (Phi) is 4.71. The maximum Gasteiger partial charge on any atom is 0.250 e. The average Bonchev–Trinajstić information content (AvgIpc) is 2.45. The lowest BCUT2D eigenvalue weighted by Crippen LogP contribution is -2.21. The minimum Gasteiger partial charge on any atom is -0.397 e. The van der Waals surface area contributed by atoms with Crippen LogP contribution in [0.5, 0.6) is 0 Å². The highest BCUT2D eigenvalue weighted by Crippen LogP contribution is 2.06. The zero-order valence-corrected chi connectivity index (χ0v) is 11.9. The van der Waals surface area contributed by atoms with E-state index < -0.39 is 0 Å². The number of anilines is 2. The van der Waals surface area contributed by atoms with Crippen LogP contribution in [0, 0.1) is 0 Å². The van der Waals surface area contributed by atoms with Crippen molar-refractivity contribution in [1.29, 1.82) is 0 Å². The van der Waals surface area contributed by atoms with Crippen molar-refractivity contribution in [3.63, 3.8) is 0 Å². The highest BCUT2D eigenvalue weighted by atomic mass is 16.1. The number of rotatable bonds is 5. The smallest absolute Gasteiger partial charge is 0.250 e. The molecule has 0 unspecified atom stereocenters. The number of carbonyl (C=O) groups excluding carboxylic acids is 1. The first kappa shape index (κ1) is 14.8. The molecule has 0 saturated heterocycles. The Morgan fingerprint density at radius 1 is 1.33 bits per heavy atom. The third kappa shape index (κ3) is 4.17. The lowest BCUT2D eigenvalue weighted by atomic mass is 10.2. The summed E-state index contributed by atoms with van der Waals surface area (Å²) in [5, 5.41) is 2.76. The van der Waals surface area contributed by atoms with E-state index >= 15 is 0 Å². The van der Waals surface area contributed by atoms with Crippen LogP contribution in [0.2, 0.25) is 0 Å². The van der Waals surface area contributed by atoms with E-state index in [2.05, 4.69) is 10.3 Å². The van der Waals surface area contributed by atoms with Gasteiger partial charge in [0.05, 0.1) is 24.0 Å². The van der Waals surface area contributed by atoms with Crippen LogP contribution < -0.4 is 16.6 Å². The molecule has 0 radical (unpaired) electrons. The van der Waals surface area contributed by atoms with Crippen molar-refractivity contribution in [1.82, 2.24) is 9.55 Å². The predicted octanol–water partition coefficient (Wildman–Crippen LogP) is 1.42. The molecule has 0 aliphatic carbocycles. The Labute approximate surface area is 122 Å². The molecule has 6 heteroatoms. The van der Waals surface area contributed by atoms with E-state index in [4.69, 9.17) is 5.73 Å². The minimum absolute atomic E-state index is 0.0740. The first-order valence-electron chi connectivity index (χ1n) is 6.79. The zero-order chi connectivity index (χ0) is 15.2. The maximum atomic E-state index is 12.0. The standard InChI is InChI=1S/C15H18N4O2/c1-2-7-19-10-13(5-6-15(19)21)18-14(20)8-12-4-3-11(16)9-17-12/h3-6,9-10H,2,7-8,16H2,1H3,(H,18,20). The Morgan fingerprint density at radius 2 is 2.14 bits per heavy atom. The molecule has 2 rings (SSSR count). The minimum atomic E-state index is -0.186. The summed E-state index contributed by atoms with van der Waals surface area (Å²) in [6, 6.07) is 6.47. The number of nitrogens with one attached hydrogen (secondary N) is 1. The maximum absolute atomic E-state index is 12.0. The number of hydrogen-bond acceptors (Lipinski definition) is 4.